The van der Waals surface area contributed by atoms with Crippen molar-refractivity contribution in [3.8, 4) is 11.1 Å². The minimum atomic E-state index is -0.891. The summed E-state index contributed by atoms with van der Waals surface area (Å²) in [6, 6.07) is 9.40. The Morgan fingerprint density at radius 3 is 2.53 bits per heavy atom. The van der Waals surface area contributed by atoms with Gasteiger partial charge in [-0.1, -0.05) is 42.8 Å². The van der Waals surface area contributed by atoms with Crippen LogP contribution in [0.2, 0.25) is 0 Å². The molecule has 1 fully saturated rings. The Morgan fingerprint density at radius 2 is 1.91 bits per heavy atom. The van der Waals surface area contributed by atoms with Crippen LogP contribution in [0.5, 0.6) is 0 Å². The molecule has 0 aliphatic carbocycles. The average molecular weight is 441 g/mol. The SMILES string of the molecule is CC[C@]1(CC(=O)O)C[C@@H](C=Cc2c(C)cc(C)cc2-c2ccc(F)c(C)c2)OC(C)(C)O1. The highest BCUT2D eigenvalue weighted by Crippen LogP contribution is 2.40. The molecule has 4 nitrogen and oxygen atoms in total. The zero-order valence-electron chi connectivity index (χ0n) is 19.8. The topological polar surface area (TPSA) is 55.8 Å². The number of ether oxygens (including phenoxy) is 2. The van der Waals surface area contributed by atoms with E-state index in [1.54, 1.807) is 13.0 Å². The molecule has 0 unspecified atom stereocenters. The highest BCUT2D eigenvalue weighted by Gasteiger charge is 2.45. The highest BCUT2D eigenvalue weighted by atomic mass is 19.1. The molecule has 32 heavy (non-hydrogen) atoms. The highest BCUT2D eigenvalue weighted by molar-refractivity contribution is 5.78. The van der Waals surface area contributed by atoms with E-state index >= 15 is 0 Å². The number of aliphatic carboxylic acids is 1. The van der Waals surface area contributed by atoms with Crippen molar-refractivity contribution < 1.29 is 23.8 Å². The molecule has 0 bridgehead atoms. The third-order valence-electron chi connectivity index (χ3n) is 6.07. The predicted molar refractivity (Wildman–Crippen MR) is 125 cm³/mol. The molecule has 2 aromatic rings. The number of benzene rings is 2. The first kappa shape index (κ1) is 24.1. The van der Waals surface area contributed by atoms with Gasteiger partial charge in [-0.15, -0.1) is 0 Å². The third-order valence-corrected chi connectivity index (χ3v) is 6.07. The molecule has 172 valence electrons. The predicted octanol–water partition coefficient (Wildman–Crippen LogP) is 6.60. The number of hydrogen-bond acceptors (Lipinski definition) is 3. The first-order chi connectivity index (χ1) is 14.9. The Bertz CT molecular complexity index is 1040. The van der Waals surface area contributed by atoms with E-state index in [-0.39, 0.29) is 18.3 Å². The van der Waals surface area contributed by atoms with Gasteiger partial charge >= 0.3 is 5.97 Å². The van der Waals surface area contributed by atoms with E-state index in [4.69, 9.17) is 9.47 Å². The maximum absolute atomic E-state index is 13.8. The van der Waals surface area contributed by atoms with Gasteiger partial charge in [-0.3, -0.25) is 4.79 Å². The number of aryl methyl sites for hydroxylation is 3. The summed E-state index contributed by atoms with van der Waals surface area (Å²) in [5, 5.41) is 9.43. The van der Waals surface area contributed by atoms with Gasteiger partial charge in [0.1, 0.15) is 5.82 Å². The summed E-state index contributed by atoms with van der Waals surface area (Å²) < 4.78 is 26.1. The minimum absolute atomic E-state index is 0.0652. The smallest absolute Gasteiger partial charge is 0.306 e. The maximum atomic E-state index is 13.8. The Labute approximate surface area is 190 Å². The summed E-state index contributed by atoms with van der Waals surface area (Å²) in [6.45, 7) is 11.5. The molecular formula is C27H33FO4. The zero-order valence-corrected chi connectivity index (χ0v) is 19.8. The van der Waals surface area contributed by atoms with Crippen LogP contribution in [0, 0.1) is 26.6 Å². The fraction of sp³-hybridized carbons (Fsp3) is 0.444. The van der Waals surface area contributed by atoms with Crippen LogP contribution in [0.3, 0.4) is 0 Å². The van der Waals surface area contributed by atoms with Gasteiger partial charge in [0, 0.05) is 6.42 Å². The van der Waals surface area contributed by atoms with Crippen molar-refractivity contribution in [3.63, 3.8) is 0 Å². The monoisotopic (exact) mass is 440 g/mol. The van der Waals surface area contributed by atoms with E-state index in [1.807, 2.05) is 45.9 Å². The van der Waals surface area contributed by atoms with Crippen molar-refractivity contribution in [1.82, 2.24) is 0 Å². The van der Waals surface area contributed by atoms with Crippen molar-refractivity contribution in [3.05, 3.63) is 64.5 Å². The van der Waals surface area contributed by atoms with Gasteiger partial charge in [-0.2, -0.15) is 0 Å². The maximum Gasteiger partial charge on any atom is 0.306 e. The first-order valence-corrected chi connectivity index (χ1v) is 11.1. The molecule has 1 saturated heterocycles. The van der Waals surface area contributed by atoms with Crippen molar-refractivity contribution in [2.24, 2.45) is 0 Å². The molecule has 0 radical (unpaired) electrons. The summed E-state index contributed by atoms with van der Waals surface area (Å²) in [4.78, 5) is 11.5. The molecule has 1 heterocycles. The van der Waals surface area contributed by atoms with Crippen molar-refractivity contribution >= 4 is 12.0 Å². The second kappa shape index (κ2) is 9.16. The molecule has 0 spiro atoms. The van der Waals surface area contributed by atoms with Gasteiger partial charge in [0.05, 0.1) is 18.1 Å². The lowest BCUT2D eigenvalue weighted by molar-refractivity contribution is -0.326. The molecule has 3 rings (SSSR count). The van der Waals surface area contributed by atoms with Gasteiger partial charge < -0.3 is 14.6 Å². The normalized spacial score (nSPS) is 22.9. The fourth-order valence-corrected chi connectivity index (χ4v) is 4.65. The lowest BCUT2D eigenvalue weighted by Gasteiger charge is -2.47. The number of hydrogen-bond donors (Lipinski definition) is 1. The number of halogens is 1. The van der Waals surface area contributed by atoms with Crippen molar-refractivity contribution in [1.29, 1.82) is 0 Å². The molecule has 2 aromatic carbocycles. The summed E-state index contributed by atoms with van der Waals surface area (Å²) in [5.41, 5.74) is 5.09. The lowest BCUT2D eigenvalue weighted by Crippen LogP contribution is -2.52. The Hall–Kier alpha value is -2.50. The van der Waals surface area contributed by atoms with E-state index in [0.717, 1.165) is 27.8 Å². The van der Waals surface area contributed by atoms with Crippen LogP contribution in [0.25, 0.3) is 17.2 Å². The second-order valence-electron chi connectivity index (χ2n) is 9.34. The van der Waals surface area contributed by atoms with Crippen molar-refractivity contribution in [2.75, 3.05) is 0 Å². The van der Waals surface area contributed by atoms with E-state index < -0.39 is 17.4 Å². The molecule has 1 aliphatic heterocycles. The van der Waals surface area contributed by atoms with Crippen LogP contribution in [0.1, 0.15) is 62.3 Å². The molecule has 2 atom stereocenters. The van der Waals surface area contributed by atoms with Crippen LogP contribution in [0.4, 0.5) is 4.39 Å². The summed E-state index contributed by atoms with van der Waals surface area (Å²) in [5.74, 6) is -1.99. The Kier molecular flexibility index (Phi) is 6.91. The number of carboxylic acid groups (broad SMARTS) is 1. The van der Waals surface area contributed by atoms with E-state index in [2.05, 4.69) is 19.1 Å². The third kappa shape index (κ3) is 5.45. The average Bonchev–Trinajstić information content (AvgIpc) is 2.67. The molecule has 1 aliphatic rings. The van der Waals surface area contributed by atoms with Gasteiger partial charge in [0.25, 0.3) is 0 Å². The molecular weight excluding hydrogens is 407 g/mol. The molecule has 0 aromatic heterocycles. The van der Waals surface area contributed by atoms with Crippen LogP contribution < -0.4 is 0 Å². The first-order valence-electron chi connectivity index (χ1n) is 11.1. The number of carbonyl (C=O) groups is 1. The molecule has 1 N–H and O–H groups in total. The summed E-state index contributed by atoms with van der Waals surface area (Å²) in [7, 11) is 0. The Morgan fingerprint density at radius 1 is 1.19 bits per heavy atom. The zero-order chi connectivity index (χ0) is 23.7. The molecule has 5 heteroatoms. The van der Waals surface area contributed by atoms with Gasteiger partial charge in [-0.05, 0) is 81.0 Å². The summed E-state index contributed by atoms with van der Waals surface area (Å²) >= 11 is 0. The number of carboxylic acids is 1. The summed E-state index contributed by atoms with van der Waals surface area (Å²) in [6.07, 6.45) is 4.72. The van der Waals surface area contributed by atoms with Crippen molar-refractivity contribution in [2.45, 2.75) is 78.3 Å². The fourth-order valence-electron chi connectivity index (χ4n) is 4.65. The Balaban J connectivity index is 1.99. The van der Waals surface area contributed by atoms with Gasteiger partial charge in [-0.25, -0.2) is 4.39 Å². The molecule has 0 amide bonds. The van der Waals surface area contributed by atoms with E-state index in [1.165, 1.54) is 6.07 Å². The second-order valence-corrected chi connectivity index (χ2v) is 9.34. The quantitative estimate of drug-likeness (QED) is 0.550. The molecule has 0 saturated carbocycles. The minimum Gasteiger partial charge on any atom is -0.481 e. The van der Waals surface area contributed by atoms with Crippen LogP contribution >= 0.6 is 0 Å². The number of rotatable bonds is 6. The van der Waals surface area contributed by atoms with Crippen LogP contribution in [-0.4, -0.2) is 28.6 Å². The van der Waals surface area contributed by atoms with Crippen LogP contribution in [-0.2, 0) is 14.3 Å². The standard InChI is InChI=1S/C27H33FO4/c1-7-27(16-25(29)30)15-21(31-26(5,6)32-27)9-10-22-18(3)12-17(2)13-23(22)20-8-11-24(28)19(4)14-20/h8-14,21H,7,15-16H2,1-6H3,(H,29,30)/t21-,27-/m1/s1. The van der Waals surface area contributed by atoms with Gasteiger partial charge in [0.15, 0.2) is 5.79 Å². The van der Waals surface area contributed by atoms with E-state index in [0.29, 0.717) is 18.4 Å². The van der Waals surface area contributed by atoms with Gasteiger partial charge in [0.2, 0.25) is 0 Å². The lowest BCUT2D eigenvalue weighted by atomic mass is 9.86. The van der Waals surface area contributed by atoms with E-state index in [9.17, 15) is 14.3 Å². The largest absolute Gasteiger partial charge is 0.481 e. The van der Waals surface area contributed by atoms with Crippen LogP contribution in [0.15, 0.2) is 36.4 Å².